The summed E-state index contributed by atoms with van der Waals surface area (Å²) in [5.41, 5.74) is 2.49. The average Bonchev–Trinajstić information content (AvgIpc) is 3.49. The molecule has 0 heterocycles. The van der Waals surface area contributed by atoms with Crippen LogP contribution in [-0.2, 0) is 43.5 Å². The van der Waals surface area contributed by atoms with Crippen molar-refractivity contribution in [1.29, 1.82) is 0 Å². The summed E-state index contributed by atoms with van der Waals surface area (Å²) in [4.78, 5) is 0. The lowest BCUT2D eigenvalue weighted by atomic mass is 9.80. The molecule has 0 fully saturated rings. The second kappa shape index (κ2) is 54.1. The molecule has 448 valence electrons. The van der Waals surface area contributed by atoms with Crippen molar-refractivity contribution < 1.29 is 37.9 Å². The molecular weight excluding hydrogens is 981 g/mol. The molecule has 0 aliphatic rings. The number of hydrogen-bond acceptors (Lipinski definition) is 8. The van der Waals surface area contributed by atoms with Gasteiger partial charge in [0.05, 0.1) is 78.8 Å². The van der Waals surface area contributed by atoms with Gasteiger partial charge in [-0.05, 0) is 100 Å². The Labute approximate surface area is 484 Å². The van der Waals surface area contributed by atoms with Crippen LogP contribution in [0.15, 0.2) is 115 Å². The zero-order chi connectivity index (χ0) is 55.7. The predicted molar refractivity (Wildman–Crippen MR) is 333 cm³/mol. The molecule has 0 spiro atoms. The van der Waals surface area contributed by atoms with Crippen LogP contribution in [0.4, 0.5) is 0 Å². The summed E-state index contributed by atoms with van der Waals surface area (Å²) in [6.45, 7) is 12.8. The highest BCUT2D eigenvalue weighted by atomic mass is 16.6. The van der Waals surface area contributed by atoms with Gasteiger partial charge >= 0.3 is 0 Å². The van der Waals surface area contributed by atoms with Gasteiger partial charge in [-0.1, -0.05) is 245 Å². The predicted octanol–water partition coefficient (Wildman–Crippen LogP) is 18.7. The molecule has 0 saturated carbocycles. The number of benzene rings is 3. The Balaban J connectivity index is 1.17. The summed E-state index contributed by atoms with van der Waals surface area (Å²) in [6, 6.07) is 31.2. The maximum Gasteiger partial charge on any atom is 0.143 e. The van der Waals surface area contributed by atoms with E-state index in [-0.39, 0.29) is 6.10 Å². The Hall–Kier alpha value is -3.18. The smallest absolute Gasteiger partial charge is 0.143 e. The molecule has 0 amide bonds. The van der Waals surface area contributed by atoms with E-state index in [1.165, 1.54) is 167 Å². The second-order valence-electron chi connectivity index (χ2n) is 21.6. The topological polar surface area (TPSA) is 73.8 Å². The van der Waals surface area contributed by atoms with Gasteiger partial charge in [-0.3, -0.25) is 0 Å². The van der Waals surface area contributed by atoms with Gasteiger partial charge in [-0.15, -0.1) is 0 Å². The first-order valence-electron chi connectivity index (χ1n) is 32.5. The van der Waals surface area contributed by atoms with Crippen molar-refractivity contribution in [2.24, 2.45) is 0 Å². The maximum absolute atomic E-state index is 6.79. The lowest BCUT2D eigenvalue weighted by Gasteiger charge is -2.36. The van der Waals surface area contributed by atoms with Crippen molar-refractivity contribution in [2.75, 3.05) is 92.5 Å². The summed E-state index contributed by atoms with van der Waals surface area (Å²) in [6.07, 6.45) is 50.0. The van der Waals surface area contributed by atoms with Crippen LogP contribution in [0.3, 0.4) is 0 Å². The van der Waals surface area contributed by atoms with Gasteiger partial charge in [0.1, 0.15) is 5.60 Å². The Bertz CT molecular complexity index is 1640. The largest absolute Gasteiger partial charge is 0.379 e. The van der Waals surface area contributed by atoms with Crippen molar-refractivity contribution in [2.45, 2.75) is 225 Å². The van der Waals surface area contributed by atoms with Crippen molar-refractivity contribution in [3.63, 3.8) is 0 Å². The molecule has 0 radical (unpaired) electrons. The van der Waals surface area contributed by atoms with E-state index in [4.69, 9.17) is 37.9 Å². The van der Waals surface area contributed by atoms with Crippen molar-refractivity contribution >= 4 is 0 Å². The van der Waals surface area contributed by atoms with E-state index < -0.39 is 5.60 Å². The van der Waals surface area contributed by atoms with E-state index in [9.17, 15) is 0 Å². The highest BCUT2D eigenvalue weighted by Gasteiger charge is 2.37. The number of ether oxygens (including phenoxy) is 8. The normalized spacial score (nSPS) is 12.4. The van der Waals surface area contributed by atoms with E-state index in [2.05, 4.69) is 111 Å². The van der Waals surface area contributed by atoms with Crippen LogP contribution in [0.5, 0.6) is 0 Å². The molecule has 1 unspecified atom stereocenters. The van der Waals surface area contributed by atoms with Crippen LogP contribution < -0.4 is 0 Å². The first-order valence-corrected chi connectivity index (χ1v) is 32.5. The lowest BCUT2D eigenvalue weighted by Crippen LogP contribution is -2.34. The third-order valence-electron chi connectivity index (χ3n) is 14.8. The monoisotopic (exact) mass is 1100 g/mol. The van der Waals surface area contributed by atoms with Crippen LogP contribution in [0, 0.1) is 0 Å². The molecule has 0 aliphatic carbocycles. The molecular formula is C71H116O8. The van der Waals surface area contributed by atoms with Crippen LogP contribution in [0.25, 0.3) is 0 Å². The maximum atomic E-state index is 6.79. The zero-order valence-corrected chi connectivity index (χ0v) is 50.6. The SMILES string of the molecule is CCCCCCCC/C=C\CCCCCCCCOCC(CCCCOCCOCCOCCOCCOCCOC(c1ccccc1)(c1ccccc1)c1ccccc1)OCCCCCCCC/C=C\CCCCCCCC. The van der Waals surface area contributed by atoms with Gasteiger partial charge in [-0.2, -0.15) is 0 Å². The van der Waals surface area contributed by atoms with Gasteiger partial charge in [0.2, 0.25) is 0 Å². The average molecular weight is 1100 g/mol. The number of hydrogen-bond donors (Lipinski definition) is 0. The minimum absolute atomic E-state index is 0.164. The van der Waals surface area contributed by atoms with E-state index in [1.807, 2.05) is 18.2 Å². The molecule has 0 bridgehead atoms. The summed E-state index contributed by atoms with van der Waals surface area (Å²) in [7, 11) is 0. The Morgan fingerprint density at radius 3 is 1.00 bits per heavy atom. The first kappa shape index (κ1) is 70.1. The van der Waals surface area contributed by atoms with E-state index in [1.54, 1.807) is 0 Å². The van der Waals surface area contributed by atoms with Crippen molar-refractivity contribution in [3.8, 4) is 0 Å². The van der Waals surface area contributed by atoms with Gasteiger partial charge in [0.25, 0.3) is 0 Å². The Morgan fingerprint density at radius 2 is 0.608 bits per heavy atom. The Morgan fingerprint density at radius 1 is 0.304 bits per heavy atom. The van der Waals surface area contributed by atoms with Crippen LogP contribution in [-0.4, -0.2) is 98.6 Å². The number of allylic oxidation sites excluding steroid dienone is 4. The number of unbranched alkanes of at least 4 members (excludes halogenated alkanes) is 25. The third-order valence-corrected chi connectivity index (χ3v) is 14.8. The van der Waals surface area contributed by atoms with E-state index >= 15 is 0 Å². The molecule has 0 saturated heterocycles. The van der Waals surface area contributed by atoms with Crippen LogP contribution in [0.2, 0.25) is 0 Å². The summed E-state index contributed by atoms with van der Waals surface area (Å²) in [5, 5.41) is 0. The fourth-order valence-electron chi connectivity index (χ4n) is 10.1. The highest BCUT2D eigenvalue weighted by Crippen LogP contribution is 2.40. The molecule has 3 aromatic rings. The van der Waals surface area contributed by atoms with Gasteiger partial charge in [0, 0.05) is 19.8 Å². The summed E-state index contributed by atoms with van der Waals surface area (Å²) in [5.74, 6) is 0. The fraction of sp³-hybridized carbons (Fsp3) is 0.690. The molecule has 8 nitrogen and oxygen atoms in total. The molecule has 8 heteroatoms. The third kappa shape index (κ3) is 38.3. The standard InChI is InChI=1S/C71H116O8/c1-3-5-7-9-11-13-15-17-19-21-23-25-27-29-31-43-54-77-66-70(78-55-44-32-30-28-26-24-22-20-18-16-14-12-10-8-6-4-2)52-42-45-53-72-56-57-73-58-59-74-60-61-75-62-63-76-64-65-79-71(67-46-36-33-37-47-67,68-48-38-34-39-49-68)69-50-40-35-41-51-69/h17-20,33-41,46-51,70H,3-16,21-32,42-45,52-66H2,1-2H3/b19-17-,20-18-. The zero-order valence-electron chi connectivity index (χ0n) is 50.6. The number of rotatable bonds is 59. The minimum Gasteiger partial charge on any atom is -0.379 e. The molecule has 3 rings (SSSR count). The summed E-state index contributed by atoms with van der Waals surface area (Å²) >= 11 is 0. The Kier molecular flexibility index (Phi) is 48.0. The van der Waals surface area contributed by atoms with Crippen LogP contribution >= 0.6 is 0 Å². The van der Waals surface area contributed by atoms with Crippen LogP contribution in [0.1, 0.15) is 230 Å². The minimum atomic E-state index is -0.748. The first-order chi connectivity index (χ1) is 39.3. The molecule has 0 aliphatic heterocycles. The molecule has 1 atom stereocenters. The van der Waals surface area contributed by atoms with Crippen molar-refractivity contribution in [1.82, 2.24) is 0 Å². The summed E-state index contributed by atoms with van der Waals surface area (Å²) < 4.78 is 48.5. The highest BCUT2D eigenvalue weighted by molar-refractivity contribution is 5.47. The molecule has 0 aromatic heterocycles. The van der Waals surface area contributed by atoms with Crippen molar-refractivity contribution in [3.05, 3.63) is 132 Å². The van der Waals surface area contributed by atoms with Gasteiger partial charge in [0.15, 0.2) is 0 Å². The fourth-order valence-corrected chi connectivity index (χ4v) is 10.1. The molecule has 3 aromatic carbocycles. The second-order valence-corrected chi connectivity index (χ2v) is 21.6. The molecule has 0 N–H and O–H groups in total. The quantitative estimate of drug-likeness (QED) is 0.0314. The van der Waals surface area contributed by atoms with Gasteiger partial charge < -0.3 is 37.9 Å². The van der Waals surface area contributed by atoms with E-state index in [0.717, 1.165) is 68.6 Å². The lowest BCUT2D eigenvalue weighted by molar-refractivity contribution is -0.0392. The molecule has 79 heavy (non-hydrogen) atoms. The van der Waals surface area contributed by atoms with E-state index in [0.29, 0.717) is 72.7 Å². The van der Waals surface area contributed by atoms with Gasteiger partial charge in [-0.25, -0.2) is 0 Å².